The highest BCUT2D eigenvalue weighted by molar-refractivity contribution is 5.73. The summed E-state index contributed by atoms with van der Waals surface area (Å²) in [6.45, 7) is 2.82. The Morgan fingerprint density at radius 3 is 2.96 bits per heavy atom. The largest absolute Gasteiger partial charge is 0.381 e. The molecular weight excluding hydrogens is 292 g/mol. The van der Waals surface area contributed by atoms with Crippen LogP contribution in [0.3, 0.4) is 0 Å². The summed E-state index contributed by atoms with van der Waals surface area (Å²) < 4.78 is 7.13. The highest BCUT2D eigenvalue weighted by Crippen LogP contribution is 2.10. The first kappa shape index (κ1) is 15.6. The number of para-hydroxylation sites is 1. The maximum absolute atomic E-state index is 11.7. The molecule has 1 aliphatic heterocycles. The van der Waals surface area contributed by atoms with E-state index < -0.39 is 0 Å². The fourth-order valence-corrected chi connectivity index (χ4v) is 2.58. The SMILES string of the molecule is O=C(NCCc1cnn(-c2ccccc2)c1)NC[C@H]1CCOC1. The van der Waals surface area contributed by atoms with Crippen LogP contribution in [0, 0.1) is 5.92 Å². The van der Waals surface area contributed by atoms with Gasteiger partial charge in [0.1, 0.15) is 0 Å². The Bertz CT molecular complexity index is 621. The summed E-state index contributed by atoms with van der Waals surface area (Å²) in [4.78, 5) is 11.7. The van der Waals surface area contributed by atoms with Crippen LogP contribution >= 0.6 is 0 Å². The molecule has 0 bridgehead atoms. The fraction of sp³-hybridized carbons (Fsp3) is 0.412. The van der Waals surface area contributed by atoms with E-state index in [1.165, 1.54) is 0 Å². The summed E-state index contributed by atoms with van der Waals surface area (Å²) in [5.41, 5.74) is 2.13. The van der Waals surface area contributed by atoms with E-state index in [2.05, 4.69) is 15.7 Å². The Balaban J connectivity index is 1.39. The Morgan fingerprint density at radius 2 is 2.17 bits per heavy atom. The molecule has 0 saturated carbocycles. The van der Waals surface area contributed by atoms with Gasteiger partial charge in [-0.2, -0.15) is 5.10 Å². The third-order valence-electron chi connectivity index (χ3n) is 3.93. The molecule has 1 fully saturated rings. The van der Waals surface area contributed by atoms with Crippen LogP contribution in [0.1, 0.15) is 12.0 Å². The first-order valence-electron chi connectivity index (χ1n) is 7.99. The molecule has 23 heavy (non-hydrogen) atoms. The van der Waals surface area contributed by atoms with Crippen LogP contribution in [0.4, 0.5) is 4.79 Å². The molecule has 6 nitrogen and oxygen atoms in total. The van der Waals surface area contributed by atoms with Crippen molar-refractivity contribution in [2.24, 2.45) is 5.92 Å². The molecule has 1 aliphatic rings. The topological polar surface area (TPSA) is 68.2 Å². The summed E-state index contributed by atoms with van der Waals surface area (Å²) in [6.07, 6.45) is 5.61. The predicted octanol–water partition coefficient (Wildman–Crippen LogP) is 1.75. The Morgan fingerprint density at radius 1 is 1.30 bits per heavy atom. The van der Waals surface area contributed by atoms with Crippen LogP contribution in [-0.4, -0.2) is 42.1 Å². The number of aromatic nitrogens is 2. The molecule has 1 aromatic heterocycles. The van der Waals surface area contributed by atoms with Crippen LogP contribution in [0.5, 0.6) is 0 Å². The molecule has 1 atom stereocenters. The van der Waals surface area contributed by atoms with Crippen LogP contribution in [0.25, 0.3) is 5.69 Å². The minimum absolute atomic E-state index is 0.118. The summed E-state index contributed by atoms with van der Waals surface area (Å²) in [5, 5.41) is 10.1. The zero-order chi connectivity index (χ0) is 15.9. The number of nitrogens with zero attached hydrogens (tertiary/aromatic N) is 2. The van der Waals surface area contributed by atoms with E-state index >= 15 is 0 Å². The van der Waals surface area contributed by atoms with Crippen molar-refractivity contribution < 1.29 is 9.53 Å². The number of hydrogen-bond acceptors (Lipinski definition) is 3. The van der Waals surface area contributed by atoms with E-state index in [0.29, 0.717) is 19.0 Å². The monoisotopic (exact) mass is 314 g/mol. The van der Waals surface area contributed by atoms with Crippen LogP contribution < -0.4 is 10.6 Å². The van der Waals surface area contributed by atoms with Crippen molar-refractivity contribution in [3.8, 4) is 5.69 Å². The van der Waals surface area contributed by atoms with Crippen molar-refractivity contribution >= 4 is 6.03 Å². The van der Waals surface area contributed by atoms with Gasteiger partial charge in [0.25, 0.3) is 0 Å². The molecule has 0 unspecified atom stereocenters. The maximum Gasteiger partial charge on any atom is 0.314 e. The molecule has 6 heteroatoms. The zero-order valence-corrected chi connectivity index (χ0v) is 13.1. The molecule has 0 spiro atoms. The summed E-state index contributed by atoms with van der Waals surface area (Å²) in [5.74, 6) is 0.449. The van der Waals surface area contributed by atoms with Gasteiger partial charge in [-0.05, 0) is 30.5 Å². The number of benzene rings is 1. The lowest BCUT2D eigenvalue weighted by Crippen LogP contribution is -2.39. The first-order chi connectivity index (χ1) is 11.3. The van der Waals surface area contributed by atoms with Gasteiger partial charge in [0.2, 0.25) is 0 Å². The van der Waals surface area contributed by atoms with Crippen molar-refractivity contribution in [1.29, 1.82) is 0 Å². The van der Waals surface area contributed by atoms with Gasteiger partial charge in [0.15, 0.2) is 0 Å². The average Bonchev–Trinajstić information content (AvgIpc) is 3.26. The lowest BCUT2D eigenvalue weighted by atomic mass is 10.1. The van der Waals surface area contributed by atoms with Gasteiger partial charge >= 0.3 is 6.03 Å². The molecule has 0 radical (unpaired) electrons. The number of hydrogen-bond donors (Lipinski definition) is 2. The number of amides is 2. The van der Waals surface area contributed by atoms with Gasteiger partial charge in [-0.1, -0.05) is 18.2 Å². The smallest absolute Gasteiger partial charge is 0.314 e. The van der Waals surface area contributed by atoms with E-state index in [0.717, 1.165) is 37.3 Å². The van der Waals surface area contributed by atoms with Crippen LogP contribution in [0.15, 0.2) is 42.7 Å². The molecule has 2 heterocycles. The third kappa shape index (κ3) is 4.56. The Hall–Kier alpha value is -2.34. The van der Waals surface area contributed by atoms with Crippen molar-refractivity contribution in [1.82, 2.24) is 20.4 Å². The summed E-state index contributed by atoms with van der Waals surface area (Å²) >= 11 is 0. The number of ether oxygens (including phenoxy) is 1. The molecule has 2 amide bonds. The second-order valence-electron chi connectivity index (χ2n) is 5.75. The molecule has 2 aromatic rings. The van der Waals surface area contributed by atoms with E-state index in [4.69, 9.17) is 4.74 Å². The fourth-order valence-electron chi connectivity index (χ4n) is 2.58. The Labute approximate surface area is 135 Å². The molecule has 1 saturated heterocycles. The van der Waals surface area contributed by atoms with E-state index in [1.54, 1.807) is 0 Å². The van der Waals surface area contributed by atoms with Crippen molar-refractivity contribution in [2.75, 3.05) is 26.3 Å². The molecule has 0 aliphatic carbocycles. The van der Waals surface area contributed by atoms with Gasteiger partial charge in [-0.15, -0.1) is 0 Å². The second kappa shape index (κ2) is 7.78. The quantitative estimate of drug-likeness (QED) is 0.853. The van der Waals surface area contributed by atoms with E-state index in [-0.39, 0.29) is 6.03 Å². The van der Waals surface area contributed by atoms with Gasteiger partial charge in [-0.3, -0.25) is 0 Å². The van der Waals surface area contributed by atoms with Gasteiger partial charge in [-0.25, -0.2) is 9.48 Å². The molecule has 3 rings (SSSR count). The summed E-state index contributed by atoms with van der Waals surface area (Å²) in [7, 11) is 0. The second-order valence-corrected chi connectivity index (χ2v) is 5.75. The summed E-state index contributed by atoms with van der Waals surface area (Å²) in [6, 6.07) is 9.85. The maximum atomic E-state index is 11.7. The number of nitrogens with one attached hydrogen (secondary N) is 2. The van der Waals surface area contributed by atoms with E-state index in [1.807, 2.05) is 47.4 Å². The molecular formula is C17H22N4O2. The highest BCUT2D eigenvalue weighted by atomic mass is 16.5. The standard InChI is InChI=1S/C17H22N4O2/c22-17(19-10-15-7-9-23-13-15)18-8-6-14-11-20-21(12-14)16-4-2-1-3-5-16/h1-5,11-12,15H,6-10,13H2,(H2,18,19,22)/t15-/m1/s1. The van der Waals surface area contributed by atoms with Crippen LogP contribution in [0.2, 0.25) is 0 Å². The normalized spacial score (nSPS) is 17.1. The van der Waals surface area contributed by atoms with Gasteiger partial charge < -0.3 is 15.4 Å². The van der Waals surface area contributed by atoms with Gasteiger partial charge in [0.05, 0.1) is 18.5 Å². The minimum Gasteiger partial charge on any atom is -0.381 e. The number of carbonyl (C=O) groups excluding carboxylic acids is 1. The van der Waals surface area contributed by atoms with E-state index in [9.17, 15) is 4.79 Å². The number of urea groups is 1. The molecule has 2 N–H and O–H groups in total. The van der Waals surface area contributed by atoms with Crippen molar-refractivity contribution in [3.63, 3.8) is 0 Å². The van der Waals surface area contributed by atoms with Gasteiger partial charge in [0, 0.05) is 31.8 Å². The number of carbonyl (C=O) groups is 1. The Kier molecular flexibility index (Phi) is 5.26. The third-order valence-corrected chi connectivity index (χ3v) is 3.93. The zero-order valence-electron chi connectivity index (χ0n) is 13.1. The predicted molar refractivity (Wildman–Crippen MR) is 87.6 cm³/mol. The molecule has 122 valence electrons. The minimum atomic E-state index is -0.118. The highest BCUT2D eigenvalue weighted by Gasteiger charge is 2.15. The number of rotatable bonds is 6. The van der Waals surface area contributed by atoms with Crippen molar-refractivity contribution in [2.45, 2.75) is 12.8 Å². The first-order valence-corrected chi connectivity index (χ1v) is 7.99. The molecule has 1 aromatic carbocycles. The van der Waals surface area contributed by atoms with Crippen molar-refractivity contribution in [3.05, 3.63) is 48.3 Å². The van der Waals surface area contributed by atoms with Crippen LogP contribution in [-0.2, 0) is 11.2 Å². The lowest BCUT2D eigenvalue weighted by Gasteiger charge is -2.10. The average molecular weight is 314 g/mol. The lowest BCUT2D eigenvalue weighted by molar-refractivity contribution is 0.185.